The van der Waals surface area contributed by atoms with Gasteiger partial charge in [-0.25, -0.2) is 0 Å². The van der Waals surface area contributed by atoms with Gasteiger partial charge < -0.3 is 5.32 Å². The Balaban J connectivity index is 2.47. The summed E-state index contributed by atoms with van der Waals surface area (Å²) in [5.74, 6) is 1.13. The van der Waals surface area contributed by atoms with Crippen LogP contribution in [0.1, 0.15) is 12.5 Å². The van der Waals surface area contributed by atoms with Crippen LogP contribution in [0.3, 0.4) is 0 Å². The molecule has 1 N–H and O–H groups in total. The largest absolute Gasteiger partial charge is 0.309 e. The molecule has 0 bridgehead atoms. The predicted octanol–water partition coefficient (Wildman–Crippen LogP) is 3.94. The first-order chi connectivity index (χ1) is 7.13. The molecule has 1 atom stereocenters. The zero-order chi connectivity index (χ0) is 11.3. The fourth-order valence-corrected chi connectivity index (χ4v) is 2.32. The number of thioether (sulfide) groups is 1. The Labute approximate surface area is 109 Å². The van der Waals surface area contributed by atoms with Crippen molar-refractivity contribution in [2.75, 3.05) is 12.0 Å². The average Bonchev–Trinajstić information content (AvgIpc) is 2.20. The second-order valence-electron chi connectivity index (χ2n) is 3.49. The Morgan fingerprint density at radius 2 is 2.27 bits per heavy atom. The van der Waals surface area contributed by atoms with Gasteiger partial charge in [-0.3, -0.25) is 0 Å². The van der Waals surface area contributed by atoms with Crippen molar-refractivity contribution >= 4 is 39.3 Å². The molecule has 1 rings (SSSR count). The van der Waals surface area contributed by atoms with E-state index in [1.165, 1.54) is 5.56 Å². The van der Waals surface area contributed by atoms with Gasteiger partial charge in [-0.2, -0.15) is 11.8 Å². The van der Waals surface area contributed by atoms with E-state index >= 15 is 0 Å². The summed E-state index contributed by atoms with van der Waals surface area (Å²) < 4.78 is 0.949. The molecule has 0 heterocycles. The van der Waals surface area contributed by atoms with Crippen LogP contribution in [0.15, 0.2) is 22.7 Å². The lowest BCUT2D eigenvalue weighted by Gasteiger charge is -2.12. The number of hydrogen-bond acceptors (Lipinski definition) is 2. The van der Waals surface area contributed by atoms with Gasteiger partial charge in [0.25, 0.3) is 0 Å². The lowest BCUT2D eigenvalue weighted by atomic mass is 10.2. The summed E-state index contributed by atoms with van der Waals surface area (Å²) in [7, 11) is 0. The highest BCUT2D eigenvalue weighted by Gasteiger charge is 2.02. The van der Waals surface area contributed by atoms with E-state index in [9.17, 15) is 0 Å². The molecular weight excluding hydrogens is 294 g/mol. The van der Waals surface area contributed by atoms with Crippen LogP contribution in [0.4, 0.5) is 0 Å². The zero-order valence-electron chi connectivity index (χ0n) is 8.89. The SMILES string of the molecule is CSCC(C)NCc1ccc(Br)c(Cl)c1. The minimum Gasteiger partial charge on any atom is -0.309 e. The number of hydrogen-bond donors (Lipinski definition) is 1. The zero-order valence-corrected chi connectivity index (χ0v) is 12.0. The van der Waals surface area contributed by atoms with Gasteiger partial charge in [0.05, 0.1) is 5.02 Å². The Morgan fingerprint density at radius 3 is 2.87 bits per heavy atom. The minimum atomic E-state index is 0.530. The summed E-state index contributed by atoms with van der Waals surface area (Å²) in [6.45, 7) is 3.06. The molecule has 0 aliphatic rings. The number of benzene rings is 1. The first-order valence-electron chi connectivity index (χ1n) is 4.79. The standard InChI is InChI=1S/C11H15BrClNS/c1-8(7-15-2)14-6-9-3-4-10(12)11(13)5-9/h3-5,8,14H,6-7H2,1-2H3. The van der Waals surface area contributed by atoms with Gasteiger partial charge in [0.1, 0.15) is 0 Å². The van der Waals surface area contributed by atoms with Crippen molar-refractivity contribution in [2.45, 2.75) is 19.5 Å². The molecule has 0 aliphatic heterocycles. The van der Waals surface area contributed by atoms with E-state index in [2.05, 4.69) is 40.5 Å². The fourth-order valence-electron chi connectivity index (χ4n) is 1.25. The molecule has 0 fully saturated rings. The molecule has 84 valence electrons. The fraction of sp³-hybridized carbons (Fsp3) is 0.455. The summed E-state index contributed by atoms with van der Waals surface area (Å²) in [5.41, 5.74) is 1.22. The van der Waals surface area contributed by atoms with Crippen molar-refractivity contribution in [3.63, 3.8) is 0 Å². The van der Waals surface area contributed by atoms with Crippen molar-refractivity contribution in [3.05, 3.63) is 33.3 Å². The van der Waals surface area contributed by atoms with Gasteiger partial charge in [-0.05, 0) is 46.8 Å². The minimum absolute atomic E-state index is 0.530. The molecule has 0 saturated heterocycles. The molecule has 0 radical (unpaired) electrons. The molecule has 0 spiro atoms. The molecule has 1 aromatic rings. The second kappa shape index (κ2) is 6.79. The third-order valence-electron chi connectivity index (χ3n) is 2.06. The Hall–Kier alpha value is 0.300. The molecule has 0 saturated carbocycles. The van der Waals surface area contributed by atoms with Crippen LogP contribution in [-0.4, -0.2) is 18.1 Å². The smallest absolute Gasteiger partial charge is 0.0551 e. The third kappa shape index (κ3) is 4.77. The van der Waals surface area contributed by atoms with Gasteiger partial charge in [0.15, 0.2) is 0 Å². The quantitative estimate of drug-likeness (QED) is 0.884. The second-order valence-corrected chi connectivity index (χ2v) is 5.66. The van der Waals surface area contributed by atoms with E-state index < -0.39 is 0 Å². The number of nitrogens with one attached hydrogen (secondary N) is 1. The van der Waals surface area contributed by atoms with Gasteiger partial charge in [0, 0.05) is 22.8 Å². The first kappa shape index (κ1) is 13.4. The van der Waals surface area contributed by atoms with E-state index in [1.54, 1.807) is 0 Å². The summed E-state index contributed by atoms with van der Waals surface area (Å²) >= 11 is 11.2. The molecule has 4 heteroatoms. The molecule has 1 nitrogen and oxygen atoms in total. The van der Waals surface area contributed by atoms with Gasteiger partial charge >= 0.3 is 0 Å². The molecule has 1 unspecified atom stereocenters. The molecular formula is C11H15BrClNS. The average molecular weight is 309 g/mol. The van der Waals surface area contributed by atoms with Crippen molar-refractivity contribution in [3.8, 4) is 0 Å². The van der Waals surface area contributed by atoms with E-state index in [0.29, 0.717) is 6.04 Å². The highest BCUT2D eigenvalue weighted by Crippen LogP contribution is 2.23. The monoisotopic (exact) mass is 307 g/mol. The van der Waals surface area contributed by atoms with E-state index in [4.69, 9.17) is 11.6 Å². The summed E-state index contributed by atoms with van der Waals surface area (Å²) in [5, 5.41) is 4.22. The van der Waals surface area contributed by atoms with Crippen LogP contribution in [0.25, 0.3) is 0 Å². The van der Waals surface area contributed by atoms with Crippen molar-refractivity contribution < 1.29 is 0 Å². The maximum absolute atomic E-state index is 6.01. The Kier molecular flexibility index (Phi) is 6.05. The van der Waals surface area contributed by atoms with Crippen LogP contribution in [-0.2, 0) is 6.54 Å². The molecule has 0 aliphatic carbocycles. The maximum Gasteiger partial charge on any atom is 0.0551 e. The lowest BCUT2D eigenvalue weighted by Crippen LogP contribution is -2.27. The van der Waals surface area contributed by atoms with Crippen LogP contribution in [0, 0.1) is 0 Å². The van der Waals surface area contributed by atoms with E-state index in [1.807, 2.05) is 23.9 Å². The van der Waals surface area contributed by atoms with Crippen LogP contribution < -0.4 is 5.32 Å². The van der Waals surface area contributed by atoms with E-state index in [-0.39, 0.29) is 0 Å². The molecule has 15 heavy (non-hydrogen) atoms. The highest BCUT2D eigenvalue weighted by atomic mass is 79.9. The molecule has 0 aromatic heterocycles. The normalized spacial score (nSPS) is 12.8. The number of halogens is 2. The van der Waals surface area contributed by atoms with Gasteiger partial charge in [-0.15, -0.1) is 0 Å². The Bertz CT molecular complexity index is 319. The summed E-state index contributed by atoms with van der Waals surface area (Å²) in [4.78, 5) is 0. The van der Waals surface area contributed by atoms with Crippen molar-refractivity contribution in [1.29, 1.82) is 0 Å². The molecule has 0 amide bonds. The van der Waals surface area contributed by atoms with Crippen LogP contribution in [0.5, 0.6) is 0 Å². The summed E-state index contributed by atoms with van der Waals surface area (Å²) in [6.07, 6.45) is 2.12. The summed E-state index contributed by atoms with van der Waals surface area (Å²) in [6, 6.07) is 6.58. The maximum atomic E-state index is 6.01. The predicted molar refractivity (Wildman–Crippen MR) is 73.8 cm³/mol. The first-order valence-corrected chi connectivity index (χ1v) is 7.36. The van der Waals surface area contributed by atoms with Gasteiger partial charge in [-0.1, -0.05) is 17.7 Å². The Morgan fingerprint density at radius 1 is 1.53 bits per heavy atom. The highest BCUT2D eigenvalue weighted by molar-refractivity contribution is 9.10. The number of rotatable bonds is 5. The van der Waals surface area contributed by atoms with E-state index in [0.717, 1.165) is 21.8 Å². The van der Waals surface area contributed by atoms with Crippen LogP contribution >= 0.6 is 39.3 Å². The lowest BCUT2D eigenvalue weighted by molar-refractivity contribution is 0.596. The van der Waals surface area contributed by atoms with Gasteiger partial charge in [0.2, 0.25) is 0 Å². The third-order valence-corrected chi connectivity index (χ3v) is 4.12. The topological polar surface area (TPSA) is 12.0 Å². The van der Waals surface area contributed by atoms with Crippen LogP contribution in [0.2, 0.25) is 5.02 Å². The van der Waals surface area contributed by atoms with Crippen molar-refractivity contribution in [1.82, 2.24) is 5.32 Å². The van der Waals surface area contributed by atoms with Crippen molar-refractivity contribution in [2.24, 2.45) is 0 Å². The molecule has 1 aromatic carbocycles.